The summed E-state index contributed by atoms with van der Waals surface area (Å²) in [5, 5.41) is 5.67. The van der Waals surface area contributed by atoms with E-state index in [0.717, 1.165) is 10.5 Å². The highest BCUT2D eigenvalue weighted by Gasteiger charge is 2.61. The van der Waals surface area contributed by atoms with Crippen molar-refractivity contribution in [3.63, 3.8) is 0 Å². The molecule has 1 unspecified atom stereocenters. The van der Waals surface area contributed by atoms with Crippen LogP contribution < -0.4 is 25.8 Å². The Balaban J connectivity index is 1.45. The second kappa shape index (κ2) is 17.7. The number of carbonyl (C=O) groups excluding carboxylic acids is 5. The van der Waals surface area contributed by atoms with Gasteiger partial charge >= 0.3 is 6.09 Å². The van der Waals surface area contributed by atoms with Crippen molar-refractivity contribution in [3.8, 4) is 22.8 Å². The SMILES string of the molecule is C=C[C@@H]1C[C@]1(N)C(=O)N(C(=O)[C@@H]1CC(Oc2cc(-c3ccccc3)nc3cc(OC)ccc23)CN1C(=O)[C@H](CNC(=O)CC)NC(=O)OC(C)(C)C)S(=O)(=O)c1ccccc1. The number of carbonyl (C=O) groups is 5. The molecule has 4 N–H and O–H groups in total. The summed E-state index contributed by atoms with van der Waals surface area (Å²) in [4.78, 5) is 75.3. The molecule has 322 valence electrons. The Morgan fingerprint density at radius 3 is 2.31 bits per heavy atom. The highest BCUT2D eigenvalue weighted by molar-refractivity contribution is 7.90. The van der Waals surface area contributed by atoms with Crippen molar-refractivity contribution in [3.05, 3.63) is 97.6 Å². The van der Waals surface area contributed by atoms with Crippen LogP contribution in [-0.2, 0) is 33.9 Å². The Labute approximate surface area is 354 Å². The normalized spacial score (nSPS) is 20.2. The van der Waals surface area contributed by atoms with Gasteiger partial charge in [-0.05, 0) is 51.5 Å². The number of rotatable bonds is 14. The quantitative estimate of drug-likeness (QED) is 0.119. The van der Waals surface area contributed by atoms with E-state index in [1.165, 1.54) is 37.5 Å². The van der Waals surface area contributed by atoms with Crippen molar-refractivity contribution < 1.29 is 46.6 Å². The third-order valence-corrected chi connectivity index (χ3v) is 12.1. The van der Waals surface area contributed by atoms with Gasteiger partial charge in [0.05, 0.1) is 29.8 Å². The summed E-state index contributed by atoms with van der Waals surface area (Å²) in [5.41, 5.74) is 5.55. The number of hydrogen-bond acceptors (Lipinski definition) is 12. The first-order valence-corrected chi connectivity index (χ1v) is 21.2. The minimum atomic E-state index is -4.92. The lowest BCUT2D eigenvalue weighted by Crippen LogP contribution is -2.60. The summed E-state index contributed by atoms with van der Waals surface area (Å²) in [6.07, 6.45) is -0.775. The topological polar surface area (TPSA) is 217 Å². The zero-order valence-corrected chi connectivity index (χ0v) is 35.4. The van der Waals surface area contributed by atoms with Gasteiger partial charge in [0.2, 0.25) is 11.8 Å². The van der Waals surface area contributed by atoms with E-state index in [9.17, 15) is 27.6 Å². The Morgan fingerprint density at radius 1 is 1.03 bits per heavy atom. The first-order valence-electron chi connectivity index (χ1n) is 19.8. The summed E-state index contributed by atoms with van der Waals surface area (Å²) < 4.78 is 46.5. The van der Waals surface area contributed by atoms with E-state index in [2.05, 4.69) is 17.2 Å². The van der Waals surface area contributed by atoms with E-state index >= 15 is 4.79 Å². The van der Waals surface area contributed by atoms with Crippen molar-refractivity contribution in [1.29, 1.82) is 0 Å². The predicted octanol–water partition coefficient (Wildman–Crippen LogP) is 4.33. The van der Waals surface area contributed by atoms with Crippen LogP contribution in [0.3, 0.4) is 0 Å². The van der Waals surface area contributed by atoms with Crippen molar-refractivity contribution >= 4 is 50.6 Å². The number of ether oxygens (including phenoxy) is 3. The smallest absolute Gasteiger partial charge is 0.408 e. The van der Waals surface area contributed by atoms with Gasteiger partial charge in [0.1, 0.15) is 40.8 Å². The lowest BCUT2D eigenvalue weighted by molar-refractivity contribution is -0.147. The number of benzene rings is 3. The number of methoxy groups -OCH3 is 1. The van der Waals surface area contributed by atoms with Gasteiger partial charge < -0.3 is 35.5 Å². The number of nitrogens with one attached hydrogen (secondary N) is 2. The molecule has 1 aliphatic carbocycles. The second-order valence-corrected chi connectivity index (χ2v) is 17.7. The molecule has 5 atom stereocenters. The van der Waals surface area contributed by atoms with Gasteiger partial charge in [-0.2, -0.15) is 4.31 Å². The zero-order chi connectivity index (χ0) is 44.3. The molecule has 4 aromatic rings. The molecule has 16 nitrogen and oxygen atoms in total. The summed E-state index contributed by atoms with van der Waals surface area (Å²) >= 11 is 0. The van der Waals surface area contributed by atoms with E-state index in [1.54, 1.807) is 58.0 Å². The van der Waals surface area contributed by atoms with E-state index in [-0.39, 0.29) is 35.0 Å². The molecule has 17 heteroatoms. The summed E-state index contributed by atoms with van der Waals surface area (Å²) in [6.45, 7) is 9.45. The monoisotopic (exact) mass is 854 g/mol. The summed E-state index contributed by atoms with van der Waals surface area (Å²) in [5.74, 6) is -3.54. The van der Waals surface area contributed by atoms with Gasteiger partial charge in [0.25, 0.3) is 21.8 Å². The Bertz CT molecular complexity index is 2440. The van der Waals surface area contributed by atoms with Crippen molar-refractivity contribution in [1.82, 2.24) is 24.8 Å². The van der Waals surface area contributed by atoms with Crippen molar-refractivity contribution in [2.75, 3.05) is 20.2 Å². The molecular weight excluding hydrogens is 805 g/mol. The number of aromatic nitrogens is 1. The number of likely N-dealkylation sites (tertiary alicyclic amines) is 1. The number of fused-ring (bicyclic) bond motifs is 1. The van der Waals surface area contributed by atoms with Crippen LogP contribution in [-0.4, -0.2) is 102 Å². The number of sulfonamides is 1. The maximum Gasteiger partial charge on any atom is 0.408 e. The number of nitrogens with two attached hydrogens (primary N) is 1. The lowest BCUT2D eigenvalue weighted by Gasteiger charge is -2.32. The first kappa shape index (κ1) is 44.2. The van der Waals surface area contributed by atoms with Crippen LogP contribution in [0.1, 0.15) is 47.0 Å². The Morgan fingerprint density at radius 2 is 1.70 bits per heavy atom. The fourth-order valence-corrected chi connectivity index (χ4v) is 8.54. The number of pyridine rings is 1. The van der Waals surface area contributed by atoms with Crippen LogP contribution in [0.15, 0.2) is 102 Å². The molecule has 5 amide bonds. The molecule has 2 fully saturated rings. The van der Waals surface area contributed by atoms with E-state index in [4.69, 9.17) is 24.9 Å². The van der Waals surface area contributed by atoms with Gasteiger partial charge in [-0.15, -0.1) is 6.58 Å². The Hall–Kier alpha value is -6.33. The molecule has 61 heavy (non-hydrogen) atoms. The van der Waals surface area contributed by atoms with Crippen LogP contribution in [0.4, 0.5) is 4.79 Å². The van der Waals surface area contributed by atoms with Crippen LogP contribution in [0.25, 0.3) is 22.2 Å². The number of amides is 5. The van der Waals surface area contributed by atoms with Crippen LogP contribution in [0.5, 0.6) is 11.5 Å². The molecule has 2 heterocycles. The number of alkyl carbamates (subject to hydrolysis) is 1. The third kappa shape index (κ3) is 9.68. The number of nitrogens with zero attached hydrogens (tertiary/aromatic N) is 3. The highest BCUT2D eigenvalue weighted by atomic mass is 32.2. The minimum Gasteiger partial charge on any atom is -0.497 e. The molecule has 0 radical (unpaired) electrons. The van der Waals surface area contributed by atoms with Gasteiger partial charge in [0.15, 0.2) is 0 Å². The molecule has 2 aliphatic rings. The van der Waals surface area contributed by atoms with Crippen LogP contribution >= 0.6 is 0 Å². The first-order chi connectivity index (χ1) is 28.9. The molecule has 1 saturated heterocycles. The molecule has 6 rings (SSSR count). The van der Waals surface area contributed by atoms with Crippen molar-refractivity contribution in [2.24, 2.45) is 11.7 Å². The largest absolute Gasteiger partial charge is 0.497 e. The van der Waals surface area contributed by atoms with E-state index in [0.29, 0.717) is 28.1 Å². The second-order valence-electron chi connectivity index (χ2n) is 15.9. The van der Waals surface area contributed by atoms with Gasteiger partial charge in [0, 0.05) is 48.4 Å². The maximum atomic E-state index is 15.0. The Kier molecular flexibility index (Phi) is 12.8. The molecular formula is C44H50N6O10S. The summed E-state index contributed by atoms with van der Waals surface area (Å²) in [7, 11) is -3.39. The van der Waals surface area contributed by atoms with Gasteiger partial charge in [-0.1, -0.05) is 61.5 Å². The fraction of sp³-hybridized carbons (Fsp3) is 0.364. The highest BCUT2D eigenvalue weighted by Crippen LogP contribution is 2.45. The summed E-state index contributed by atoms with van der Waals surface area (Å²) in [6, 6.07) is 20.0. The molecule has 0 bridgehead atoms. The fourth-order valence-electron chi connectivity index (χ4n) is 7.08. The molecule has 1 aromatic heterocycles. The number of hydrogen-bond donors (Lipinski definition) is 3. The average Bonchev–Trinajstić information content (AvgIpc) is 3.75. The third-order valence-electron chi connectivity index (χ3n) is 10.4. The maximum absolute atomic E-state index is 15.0. The molecule has 1 aliphatic heterocycles. The predicted molar refractivity (Wildman–Crippen MR) is 225 cm³/mol. The average molecular weight is 855 g/mol. The van der Waals surface area contributed by atoms with Gasteiger partial charge in [-0.25, -0.2) is 18.2 Å². The van der Waals surface area contributed by atoms with Crippen LogP contribution in [0, 0.1) is 5.92 Å². The zero-order valence-electron chi connectivity index (χ0n) is 34.6. The van der Waals surface area contributed by atoms with Gasteiger partial charge in [-0.3, -0.25) is 19.2 Å². The van der Waals surface area contributed by atoms with Crippen molar-refractivity contribution in [2.45, 2.75) is 81.2 Å². The molecule has 0 spiro atoms. The van der Waals surface area contributed by atoms with E-state index < -0.39 is 81.5 Å². The van der Waals surface area contributed by atoms with E-state index in [1.807, 2.05) is 30.3 Å². The molecule has 1 saturated carbocycles. The molecule has 3 aromatic carbocycles. The lowest BCUT2D eigenvalue weighted by atomic mass is 10.1. The number of imide groups is 1. The van der Waals surface area contributed by atoms with Crippen LogP contribution in [0.2, 0.25) is 0 Å². The standard InChI is InChI=1S/C44H50N6O10S/c1-7-28-24-44(28,45)41(54)50(61(56,57)31-17-13-10-14-18-31)40(53)36-22-30(26-49(36)39(52)35(25-46-38(51)8-2)48-42(55)60-43(3,4)5)59-37-23-33(27-15-11-9-12-16-27)47-34-21-29(58-6)19-20-32(34)37/h7,9-21,23,28,30,35-36H,1,8,22,24-26,45H2,2-6H3,(H,46,51)(H,48,55)/t28-,30?,35+,36+,44-/m1/s1. The minimum absolute atomic E-state index is 0.0329.